The fourth-order valence-corrected chi connectivity index (χ4v) is 8.36. The second kappa shape index (κ2) is 10.3. The van der Waals surface area contributed by atoms with Crippen molar-refractivity contribution in [1.29, 1.82) is 0 Å². The normalized spacial score (nSPS) is 11.8. The number of para-hydroxylation sites is 1. The Hall–Kier alpha value is -5.90. The quantitative estimate of drug-likeness (QED) is 0.183. The molecule has 3 heteroatoms. The first-order chi connectivity index (χ1) is 23.3. The molecule has 220 valence electrons. The molecule has 0 amide bonds. The van der Waals surface area contributed by atoms with Crippen LogP contribution in [-0.2, 0) is 0 Å². The van der Waals surface area contributed by atoms with Gasteiger partial charge < -0.3 is 9.32 Å². The highest BCUT2D eigenvalue weighted by atomic mass is 32.1. The van der Waals surface area contributed by atoms with Crippen LogP contribution in [-0.4, -0.2) is 0 Å². The number of hydrogen-bond donors (Lipinski definition) is 0. The number of nitrogens with zero attached hydrogens (tertiary/aromatic N) is 1. The van der Waals surface area contributed by atoms with E-state index in [4.69, 9.17) is 4.42 Å². The lowest BCUT2D eigenvalue weighted by Gasteiger charge is -2.27. The van der Waals surface area contributed by atoms with Crippen molar-refractivity contribution < 1.29 is 4.42 Å². The number of thiophene rings is 1. The molecule has 0 atom stereocenters. The first kappa shape index (κ1) is 26.3. The highest BCUT2D eigenvalue weighted by Gasteiger charge is 2.24. The minimum atomic E-state index is 0.887. The second-order valence-electron chi connectivity index (χ2n) is 12.1. The summed E-state index contributed by atoms with van der Waals surface area (Å²) in [5, 5.41) is 9.65. The van der Waals surface area contributed by atoms with Crippen molar-refractivity contribution in [3.05, 3.63) is 164 Å². The van der Waals surface area contributed by atoms with Crippen LogP contribution in [0.4, 0.5) is 17.1 Å². The summed E-state index contributed by atoms with van der Waals surface area (Å²) >= 11 is 1.85. The van der Waals surface area contributed by atoms with Gasteiger partial charge in [0.1, 0.15) is 5.58 Å². The fourth-order valence-electron chi connectivity index (χ4n) is 7.23. The summed E-state index contributed by atoms with van der Waals surface area (Å²) in [6.07, 6.45) is 0. The van der Waals surface area contributed by atoms with Gasteiger partial charge >= 0.3 is 0 Å². The first-order valence-electron chi connectivity index (χ1n) is 15.9. The monoisotopic (exact) mass is 617 g/mol. The van der Waals surface area contributed by atoms with Crippen molar-refractivity contribution in [2.24, 2.45) is 0 Å². The third kappa shape index (κ3) is 4.10. The molecule has 2 heterocycles. The van der Waals surface area contributed by atoms with Crippen LogP contribution in [0.25, 0.3) is 74.8 Å². The maximum Gasteiger partial charge on any atom is 0.160 e. The van der Waals surface area contributed by atoms with Crippen LogP contribution in [0.1, 0.15) is 0 Å². The summed E-state index contributed by atoms with van der Waals surface area (Å²) in [6.45, 7) is 0. The van der Waals surface area contributed by atoms with Gasteiger partial charge in [0, 0.05) is 47.7 Å². The average molecular weight is 618 g/mol. The zero-order chi connectivity index (χ0) is 30.9. The topological polar surface area (TPSA) is 16.4 Å². The molecule has 0 saturated heterocycles. The zero-order valence-electron chi connectivity index (χ0n) is 25.4. The van der Waals surface area contributed by atoms with E-state index < -0.39 is 0 Å². The number of anilines is 3. The number of rotatable bonds is 4. The molecular formula is C44H27NOS. The smallest absolute Gasteiger partial charge is 0.160 e. The highest BCUT2D eigenvalue weighted by molar-refractivity contribution is 7.25. The largest absolute Gasteiger partial charge is 0.454 e. The van der Waals surface area contributed by atoms with Gasteiger partial charge in [0.05, 0.1) is 5.69 Å². The fraction of sp³-hybridized carbons (Fsp3) is 0. The van der Waals surface area contributed by atoms with Crippen LogP contribution in [0.15, 0.2) is 168 Å². The van der Waals surface area contributed by atoms with Gasteiger partial charge in [-0.3, -0.25) is 0 Å². The summed E-state index contributed by atoms with van der Waals surface area (Å²) in [5.74, 6) is 0. The Morgan fingerprint density at radius 1 is 0.404 bits per heavy atom. The Labute approximate surface area is 275 Å². The molecule has 10 aromatic rings. The van der Waals surface area contributed by atoms with E-state index in [-0.39, 0.29) is 0 Å². The van der Waals surface area contributed by atoms with Crippen LogP contribution in [0, 0.1) is 0 Å². The van der Waals surface area contributed by atoms with Crippen LogP contribution in [0.3, 0.4) is 0 Å². The van der Waals surface area contributed by atoms with Crippen LogP contribution in [0.2, 0.25) is 0 Å². The number of benzene rings is 8. The number of fused-ring (bicyclic) bond motifs is 9. The maximum atomic E-state index is 6.82. The van der Waals surface area contributed by atoms with E-state index in [9.17, 15) is 0 Å². The molecule has 0 radical (unpaired) electrons. The van der Waals surface area contributed by atoms with Gasteiger partial charge in [-0.15, -0.1) is 11.3 Å². The van der Waals surface area contributed by atoms with E-state index in [0.717, 1.165) is 44.4 Å². The van der Waals surface area contributed by atoms with Crippen molar-refractivity contribution in [2.45, 2.75) is 0 Å². The lowest BCUT2D eigenvalue weighted by Crippen LogP contribution is -2.11. The third-order valence-electron chi connectivity index (χ3n) is 9.44. The van der Waals surface area contributed by atoms with Gasteiger partial charge in [-0.05, 0) is 69.8 Å². The molecule has 0 saturated carbocycles. The average Bonchev–Trinajstić information content (AvgIpc) is 3.70. The standard InChI is InChI=1S/C44H27NOS/c1-2-10-28(11-3-1)29-18-21-31(22-19-29)45(32-23-25-36-35-15-7-9-17-41(35)47-42(36)26-32)43-37-24-20-30-12-4-5-13-33(30)38(37)27-39-34-14-6-8-16-40(34)46-44(39)43/h1-27H. The van der Waals surface area contributed by atoms with Crippen molar-refractivity contribution in [3.8, 4) is 11.1 Å². The molecule has 0 fully saturated rings. The van der Waals surface area contributed by atoms with Crippen LogP contribution >= 0.6 is 11.3 Å². The summed E-state index contributed by atoms with van der Waals surface area (Å²) in [4.78, 5) is 2.40. The predicted molar refractivity (Wildman–Crippen MR) is 202 cm³/mol. The van der Waals surface area contributed by atoms with Crippen molar-refractivity contribution in [1.82, 2.24) is 0 Å². The van der Waals surface area contributed by atoms with Gasteiger partial charge in [0.15, 0.2) is 5.58 Å². The first-order valence-corrected chi connectivity index (χ1v) is 16.7. The number of hydrogen-bond acceptors (Lipinski definition) is 3. The molecule has 47 heavy (non-hydrogen) atoms. The minimum absolute atomic E-state index is 0.887. The molecule has 0 aliphatic rings. The molecule has 2 nitrogen and oxygen atoms in total. The third-order valence-corrected chi connectivity index (χ3v) is 10.6. The van der Waals surface area contributed by atoms with E-state index in [2.05, 4.69) is 169 Å². The highest BCUT2D eigenvalue weighted by Crippen LogP contribution is 2.49. The molecule has 10 rings (SSSR count). The lowest BCUT2D eigenvalue weighted by molar-refractivity contribution is 0.669. The Balaban J connectivity index is 1.31. The van der Waals surface area contributed by atoms with Crippen LogP contribution in [0.5, 0.6) is 0 Å². The molecule has 0 spiro atoms. The predicted octanol–water partition coefficient (Wildman–Crippen LogP) is 13.4. The van der Waals surface area contributed by atoms with E-state index in [1.165, 1.54) is 47.5 Å². The molecule has 0 aliphatic heterocycles. The maximum absolute atomic E-state index is 6.82. The minimum Gasteiger partial charge on any atom is -0.454 e. The van der Waals surface area contributed by atoms with E-state index >= 15 is 0 Å². The zero-order valence-corrected chi connectivity index (χ0v) is 26.2. The summed E-state index contributed by atoms with van der Waals surface area (Å²) in [7, 11) is 0. The lowest BCUT2D eigenvalue weighted by atomic mass is 9.97. The summed E-state index contributed by atoms with van der Waals surface area (Å²) in [5.41, 5.74) is 7.39. The summed E-state index contributed by atoms with van der Waals surface area (Å²) < 4.78 is 9.38. The van der Waals surface area contributed by atoms with Crippen molar-refractivity contribution in [3.63, 3.8) is 0 Å². The van der Waals surface area contributed by atoms with E-state index in [1.807, 2.05) is 11.3 Å². The van der Waals surface area contributed by atoms with Crippen LogP contribution < -0.4 is 4.90 Å². The molecular weight excluding hydrogens is 591 g/mol. The van der Waals surface area contributed by atoms with Gasteiger partial charge in [-0.2, -0.15) is 0 Å². The number of furan rings is 1. The molecule has 0 bridgehead atoms. The Bertz CT molecular complexity index is 2790. The Morgan fingerprint density at radius 2 is 1.06 bits per heavy atom. The van der Waals surface area contributed by atoms with Gasteiger partial charge in [0.25, 0.3) is 0 Å². The summed E-state index contributed by atoms with van der Waals surface area (Å²) in [6, 6.07) is 59.0. The SMILES string of the molecule is c1ccc(-c2ccc(N(c3ccc4c(c3)sc3ccccc34)c3c4ccc5ccccc5c4cc4c3oc3ccccc34)cc2)cc1. The Kier molecular flexibility index (Phi) is 5.78. The molecule has 0 aliphatic carbocycles. The second-order valence-corrected chi connectivity index (χ2v) is 13.2. The van der Waals surface area contributed by atoms with Gasteiger partial charge in [0.2, 0.25) is 0 Å². The van der Waals surface area contributed by atoms with Gasteiger partial charge in [-0.1, -0.05) is 121 Å². The van der Waals surface area contributed by atoms with E-state index in [0.29, 0.717) is 0 Å². The van der Waals surface area contributed by atoms with E-state index in [1.54, 1.807) is 0 Å². The molecule has 8 aromatic carbocycles. The van der Waals surface area contributed by atoms with Gasteiger partial charge in [-0.25, -0.2) is 0 Å². The molecule has 0 unspecified atom stereocenters. The van der Waals surface area contributed by atoms with Crippen molar-refractivity contribution >= 4 is 92.1 Å². The Morgan fingerprint density at radius 3 is 1.94 bits per heavy atom. The van der Waals surface area contributed by atoms with Crippen molar-refractivity contribution in [2.75, 3.05) is 4.90 Å². The molecule has 2 aromatic heterocycles. The molecule has 0 N–H and O–H groups in total.